The number of benzene rings is 1. The summed E-state index contributed by atoms with van der Waals surface area (Å²) >= 11 is 0. The molecule has 2 heterocycles. The van der Waals surface area contributed by atoms with E-state index in [1.165, 1.54) is 5.56 Å². The maximum Gasteiger partial charge on any atom is 0.222 e. The number of halogens is 1. The highest BCUT2D eigenvalue weighted by Crippen LogP contribution is 2.10. The van der Waals surface area contributed by atoms with Crippen LogP contribution in [0, 0.1) is 0 Å². The van der Waals surface area contributed by atoms with E-state index in [2.05, 4.69) is 49.4 Å². The number of imidazole rings is 1. The van der Waals surface area contributed by atoms with Crippen molar-refractivity contribution in [1.82, 2.24) is 25.1 Å². The molecule has 1 fully saturated rings. The molecule has 2 N–H and O–H groups in total. The Labute approximate surface area is 190 Å². The fourth-order valence-electron chi connectivity index (χ4n) is 3.50. The quantitative estimate of drug-likeness (QED) is 0.341. The van der Waals surface area contributed by atoms with Crippen molar-refractivity contribution in [1.29, 1.82) is 0 Å². The lowest BCUT2D eigenvalue weighted by Crippen LogP contribution is -2.45. The number of nitrogens with zero attached hydrogens (tertiary/aromatic N) is 4. The van der Waals surface area contributed by atoms with E-state index in [-0.39, 0.29) is 35.9 Å². The van der Waals surface area contributed by atoms with E-state index < -0.39 is 0 Å². The summed E-state index contributed by atoms with van der Waals surface area (Å²) in [7, 11) is 1.77. The molecule has 1 unspecified atom stereocenters. The Kier molecular flexibility index (Phi) is 9.43. The number of aliphatic imine (C=N–C) groups is 1. The van der Waals surface area contributed by atoms with Gasteiger partial charge in [-0.1, -0.05) is 37.3 Å². The Morgan fingerprint density at radius 2 is 2.10 bits per heavy atom. The Morgan fingerprint density at radius 1 is 1.31 bits per heavy atom. The number of hydrogen-bond donors (Lipinski definition) is 2. The van der Waals surface area contributed by atoms with Gasteiger partial charge in [-0.3, -0.25) is 9.79 Å². The molecule has 1 aliphatic heterocycles. The smallest absolute Gasteiger partial charge is 0.222 e. The van der Waals surface area contributed by atoms with Crippen molar-refractivity contribution < 1.29 is 4.79 Å². The number of carbonyl (C=O) groups is 1. The van der Waals surface area contributed by atoms with Crippen LogP contribution >= 0.6 is 24.0 Å². The normalized spacial score (nSPS) is 16.4. The van der Waals surface area contributed by atoms with E-state index >= 15 is 0 Å². The molecule has 1 atom stereocenters. The van der Waals surface area contributed by atoms with E-state index in [1.54, 1.807) is 7.05 Å². The van der Waals surface area contributed by atoms with Crippen molar-refractivity contribution >= 4 is 35.8 Å². The van der Waals surface area contributed by atoms with Gasteiger partial charge >= 0.3 is 0 Å². The van der Waals surface area contributed by atoms with Crippen molar-refractivity contribution in [2.24, 2.45) is 4.99 Å². The zero-order chi connectivity index (χ0) is 19.8. The van der Waals surface area contributed by atoms with E-state index in [0.717, 1.165) is 50.8 Å². The lowest BCUT2D eigenvalue weighted by Gasteiger charge is -2.18. The summed E-state index contributed by atoms with van der Waals surface area (Å²) < 4.78 is 2.18. The van der Waals surface area contributed by atoms with Crippen molar-refractivity contribution in [3.8, 4) is 0 Å². The van der Waals surface area contributed by atoms with Gasteiger partial charge in [0, 0.05) is 64.5 Å². The third-order valence-electron chi connectivity index (χ3n) is 5.05. The van der Waals surface area contributed by atoms with Crippen LogP contribution in [0.4, 0.5) is 0 Å². The van der Waals surface area contributed by atoms with Gasteiger partial charge in [-0.05, 0) is 12.0 Å². The summed E-state index contributed by atoms with van der Waals surface area (Å²) in [4.78, 5) is 22.6. The number of amides is 1. The minimum absolute atomic E-state index is 0. The monoisotopic (exact) mass is 510 g/mol. The fraction of sp³-hybridized carbons (Fsp3) is 0.476. The van der Waals surface area contributed by atoms with Crippen LogP contribution < -0.4 is 10.6 Å². The fourth-order valence-corrected chi connectivity index (χ4v) is 3.50. The number of aromatic nitrogens is 2. The average Bonchev–Trinajstić information content (AvgIpc) is 3.37. The van der Waals surface area contributed by atoms with E-state index in [9.17, 15) is 4.79 Å². The van der Waals surface area contributed by atoms with Crippen LogP contribution in [0.25, 0.3) is 0 Å². The van der Waals surface area contributed by atoms with Crippen LogP contribution in [0.1, 0.15) is 31.2 Å². The number of rotatable bonds is 7. The predicted octanol–water partition coefficient (Wildman–Crippen LogP) is 2.27. The van der Waals surface area contributed by atoms with Gasteiger partial charge in [-0.25, -0.2) is 4.98 Å². The zero-order valence-corrected chi connectivity index (χ0v) is 19.5. The van der Waals surface area contributed by atoms with E-state index in [0.29, 0.717) is 6.42 Å². The number of nitrogens with one attached hydrogen (secondary N) is 2. The maximum atomic E-state index is 11.8. The second kappa shape index (κ2) is 11.8. The van der Waals surface area contributed by atoms with Gasteiger partial charge in [-0.2, -0.15) is 0 Å². The maximum absolute atomic E-state index is 11.8. The summed E-state index contributed by atoms with van der Waals surface area (Å²) in [6, 6.07) is 10.6. The van der Waals surface area contributed by atoms with Gasteiger partial charge in [0.15, 0.2) is 5.96 Å². The number of hydrogen-bond acceptors (Lipinski definition) is 3. The van der Waals surface area contributed by atoms with Gasteiger partial charge in [0.25, 0.3) is 0 Å². The van der Waals surface area contributed by atoms with Crippen LogP contribution in [-0.2, 0) is 17.8 Å². The molecule has 3 rings (SSSR count). The molecule has 1 aliphatic rings. The Bertz CT molecular complexity index is 791. The first-order valence-corrected chi connectivity index (χ1v) is 9.98. The van der Waals surface area contributed by atoms with Crippen molar-refractivity contribution in [2.45, 2.75) is 38.8 Å². The number of likely N-dealkylation sites (tertiary alicyclic amines) is 1. The standard InChI is InChI=1S/C21H30N6O.HI/c1-3-20(28)27-13-10-18(16-27)25-21(22-2)24-11-9-19-23-12-14-26(19)15-17-7-5-4-6-8-17;/h4-8,12,14,18H,3,9-11,13,15-16H2,1-2H3,(H2,22,24,25);1H. The predicted molar refractivity (Wildman–Crippen MR) is 127 cm³/mol. The summed E-state index contributed by atoms with van der Waals surface area (Å²) in [5, 5.41) is 6.79. The molecule has 0 saturated carbocycles. The lowest BCUT2D eigenvalue weighted by molar-refractivity contribution is -0.129. The number of carbonyl (C=O) groups excluding carboxylic acids is 1. The van der Waals surface area contributed by atoms with Gasteiger partial charge in [0.1, 0.15) is 5.82 Å². The van der Waals surface area contributed by atoms with Crippen molar-refractivity contribution in [2.75, 3.05) is 26.7 Å². The van der Waals surface area contributed by atoms with E-state index in [1.807, 2.05) is 30.3 Å². The van der Waals surface area contributed by atoms with Crippen LogP contribution in [0.5, 0.6) is 0 Å². The van der Waals surface area contributed by atoms with Crippen LogP contribution in [-0.4, -0.2) is 59.0 Å². The molecule has 8 heteroatoms. The molecule has 0 radical (unpaired) electrons. The van der Waals surface area contributed by atoms with Gasteiger partial charge in [0.05, 0.1) is 0 Å². The molecule has 0 spiro atoms. The Hall–Kier alpha value is -2.10. The molecular formula is C21H31IN6O. The third-order valence-corrected chi connectivity index (χ3v) is 5.05. The SMILES string of the molecule is CCC(=O)N1CCC(NC(=NC)NCCc2nccn2Cc2ccccc2)C1.I. The molecule has 1 aromatic carbocycles. The van der Waals surface area contributed by atoms with Gasteiger partial charge in [-0.15, -0.1) is 24.0 Å². The second-order valence-electron chi connectivity index (χ2n) is 7.03. The third kappa shape index (κ3) is 6.73. The van der Waals surface area contributed by atoms with Crippen molar-refractivity contribution in [3.63, 3.8) is 0 Å². The van der Waals surface area contributed by atoms with Gasteiger partial charge in [0.2, 0.25) is 5.91 Å². The summed E-state index contributed by atoms with van der Waals surface area (Å²) in [5.74, 6) is 2.04. The zero-order valence-electron chi connectivity index (χ0n) is 17.2. The Balaban J connectivity index is 0.00000300. The van der Waals surface area contributed by atoms with Gasteiger partial charge < -0.3 is 20.1 Å². The molecule has 0 aliphatic carbocycles. The molecule has 158 valence electrons. The highest BCUT2D eigenvalue weighted by Gasteiger charge is 2.25. The molecule has 29 heavy (non-hydrogen) atoms. The van der Waals surface area contributed by atoms with Crippen molar-refractivity contribution in [3.05, 3.63) is 54.1 Å². The molecule has 0 bridgehead atoms. The molecule has 2 aromatic rings. The minimum Gasteiger partial charge on any atom is -0.356 e. The van der Waals surface area contributed by atoms with E-state index in [4.69, 9.17) is 0 Å². The topological polar surface area (TPSA) is 74.6 Å². The lowest BCUT2D eigenvalue weighted by atomic mass is 10.2. The highest BCUT2D eigenvalue weighted by molar-refractivity contribution is 14.0. The first-order valence-electron chi connectivity index (χ1n) is 9.98. The molecular weight excluding hydrogens is 479 g/mol. The van der Waals surface area contributed by atoms with Crippen LogP contribution in [0.15, 0.2) is 47.7 Å². The average molecular weight is 510 g/mol. The minimum atomic E-state index is 0. The molecule has 1 aromatic heterocycles. The molecule has 1 saturated heterocycles. The number of guanidine groups is 1. The highest BCUT2D eigenvalue weighted by atomic mass is 127. The summed E-state index contributed by atoms with van der Waals surface area (Å²) in [6.07, 6.45) is 6.20. The van der Waals surface area contributed by atoms with Crippen LogP contribution in [0.2, 0.25) is 0 Å². The molecule has 7 nitrogen and oxygen atoms in total. The van der Waals surface area contributed by atoms with Crippen LogP contribution in [0.3, 0.4) is 0 Å². The molecule has 1 amide bonds. The largest absolute Gasteiger partial charge is 0.356 e. The second-order valence-corrected chi connectivity index (χ2v) is 7.03. The Morgan fingerprint density at radius 3 is 2.83 bits per heavy atom. The summed E-state index contributed by atoms with van der Waals surface area (Å²) in [5.41, 5.74) is 1.26. The summed E-state index contributed by atoms with van der Waals surface area (Å²) in [6.45, 7) is 5.04. The first kappa shape index (κ1) is 23.2. The first-order chi connectivity index (χ1) is 13.7.